The number of Topliss-reactive ketones (excluding diaryl/α,β-unsaturated/α-hetero) is 1. The summed E-state index contributed by atoms with van der Waals surface area (Å²) in [6.45, 7) is 3.59. The van der Waals surface area contributed by atoms with Gasteiger partial charge >= 0.3 is 5.97 Å². The fourth-order valence-corrected chi connectivity index (χ4v) is 3.50. The zero-order valence-electron chi connectivity index (χ0n) is 15.6. The van der Waals surface area contributed by atoms with Gasteiger partial charge in [-0.2, -0.15) is 0 Å². The third-order valence-corrected chi connectivity index (χ3v) is 5.74. The number of hydrogen-bond acceptors (Lipinski definition) is 5. The van der Waals surface area contributed by atoms with Crippen LogP contribution in [0.3, 0.4) is 0 Å². The quantitative estimate of drug-likeness (QED) is 0.492. The van der Waals surface area contributed by atoms with E-state index in [0.717, 1.165) is 5.56 Å². The lowest BCUT2D eigenvalue weighted by molar-refractivity contribution is -0.142. The fraction of sp³-hybridized carbons (Fsp3) is 0.300. The Kier molecular flexibility index (Phi) is 7.74. The van der Waals surface area contributed by atoms with Gasteiger partial charge in [-0.1, -0.05) is 49.7 Å². The average Bonchev–Trinajstić information content (AvgIpc) is 2.66. The van der Waals surface area contributed by atoms with Gasteiger partial charge in [-0.05, 0) is 35.7 Å². The van der Waals surface area contributed by atoms with E-state index in [-0.39, 0.29) is 30.3 Å². The van der Waals surface area contributed by atoms with E-state index in [4.69, 9.17) is 16.3 Å². The third-order valence-electron chi connectivity index (χ3n) is 4.01. The highest BCUT2D eigenvalue weighted by Crippen LogP contribution is 2.15. The van der Waals surface area contributed by atoms with E-state index in [1.807, 2.05) is 12.1 Å². The number of ether oxygens (including phenoxy) is 1. The number of hydrogen-bond donors (Lipinski definition) is 1. The van der Waals surface area contributed by atoms with Crippen LogP contribution in [0.1, 0.15) is 42.1 Å². The highest BCUT2D eigenvalue weighted by molar-refractivity contribution is 7.89. The maximum Gasteiger partial charge on any atom is 0.307 e. The molecule has 28 heavy (non-hydrogen) atoms. The van der Waals surface area contributed by atoms with Crippen molar-refractivity contribution in [3.8, 4) is 0 Å². The number of rotatable bonds is 9. The summed E-state index contributed by atoms with van der Waals surface area (Å²) in [5, 5.41) is 0.422. The Morgan fingerprint density at radius 1 is 1.04 bits per heavy atom. The molecule has 0 fully saturated rings. The van der Waals surface area contributed by atoms with Gasteiger partial charge in [0.15, 0.2) is 12.4 Å². The van der Waals surface area contributed by atoms with Gasteiger partial charge in [-0.3, -0.25) is 9.59 Å². The molecule has 6 nitrogen and oxygen atoms in total. The second-order valence-corrected chi connectivity index (χ2v) is 8.67. The highest BCUT2D eigenvalue weighted by Gasteiger charge is 2.15. The van der Waals surface area contributed by atoms with Crippen molar-refractivity contribution in [1.82, 2.24) is 4.72 Å². The van der Waals surface area contributed by atoms with E-state index >= 15 is 0 Å². The van der Waals surface area contributed by atoms with E-state index in [0.29, 0.717) is 16.5 Å². The molecule has 0 atom stereocenters. The Morgan fingerprint density at radius 3 is 2.21 bits per heavy atom. The summed E-state index contributed by atoms with van der Waals surface area (Å²) in [4.78, 5) is 23.9. The molecular formula is C20H22ClNO5S. The molecule has 0 saturated carbocycles. The first-order valence-electron chi connectivity index (χ1n) is 8.73. The van der Waals surface area contributed by atoms with E-state index in [1.54, 1.807) is 12.1 Å². The molecule has 0 radical (unpaired) electrons. The monoisotopic (exact) mass is 423 g/mol. The van der Waals surface area contributed by atoms with Crippen LogP contribution in [0.2, 0.25) is 5.02 Å². The number of ketones is 1. The van der Waals surface area contributed by atoms with Crippen LogP contribution in [0.25, 0.3) is 0 Å². The molecule has 0 spiro atoms. The summed E-state index contributed by atoms with van der Waals surface area (Å²) in [5.41, 5.74) is 1.57. The zero-order chi connectivity index (χ0) is 20.7. The Bertz CT molecular complexity index is 922. The largest absolute Gasteiger partial charge is 0.457 e. The Balaban J connectivity index is 1.77. The second-order valence-electron chi connectivity index (χ2n) is 6.46. The summed E-state index contributed by atoms with van der Waals surface area (Å²) in [7, 11) is -3.74. The summed E-state index contributed by atoms with van der Waals surface area (Å²) >= 11 is 5.73. The van der Waals surface area contributed by atoms with Crippen LogP contribution < -0.4 is 4.72 Å². The summed E-state index contributed by atoms with van der Waals surface area (Å²) in [6, 6.07) is 12.8. The lowest BCUT2D eigenvalue weighted by Crippen LogP contribution is -2.27. The maximum atomic E-state index is 12.1. The first-order valence-corrected chi connectivity index (χ1v) is 10.6. The SMILES string of the molecule is CC(C)c1ccc(C(=O)COC(=O)CCNS(=O)(=O)c2ccc(Cl)cc2)cc1. The molecule has 0 amide bonds. The molecule has 2 aromatic rings. The van der Waals surface area contributed by atoms with Crippen molar-refractivity contribution in [2.75, 3.05) is 13.2 Å². The number of nitrogens with one attached hydrogen (secondary N) is 1. The maximum absolute atomic E-state index is 12.1. The van der Waals surface area contributed by atoms with E-state index in [1.165, 1.54) is 24.3 Å². The van der Waals surface area contributed by atoms with Crippen molar-refractivity contribution >= 4 is 33.4 Å². The number of carbonyl (C=O) groups is 2. The second kappa shape index (κ2) is 9.82. The summed E-state index contributed by atoms with van der Waals surface area (Å²) < 4.78 is 31.4. The molecule has 0 unspecified atom stereocenters. The molecule has 2 rings (SSSR count). The van der Waals surface area contributed by atoms with Gasteiger partial charge in [0.25, 0.3) is 0 Å². The van der Waals surface area contributed by atoms with Gasteiger partial charge in [-0.25, -0.2) is 13.1 Å². The average molecular weight is 424 g/mol. The van der Waals surface area contributed by atoms with Gasteiger partial charge in [0.1, 0.15) is 0 Å². The van der Waals surface area contributed by atoms with Gasteiger partial charge in [0, 0.05) is 17.1 Å². The van der Waals surface area contributed by atoms with Crippen molar-refractivity contribution in [1.29, 1.82) is 0 Å². The first-order chi connectivity index (χ1) is 13.2. The fourth-order valence-electron chi connectivity index (χ4n) is 2.34. The van der Waals surface area contributed by atoms with Crippen LogP contribution in [0.5, 0.6) is 0 Å². The van der Waals surface area contributed by atoms with Crippen LogP contribution in [0.15, 0.2) is 53.4 Å². The van der Waals surface area contributed by atoms with E-state index < -0.39 is 16.0 Å². The Labute approximate surface area is 169 Å². The normalized spacial score (nSPS) is 11.4. The number of halogens is 1. The van der Waals surface area contributed by atoms with E-state index in [2.05, 4.69) is 18.6 Å². The van der Waals surface area contributed by atoms with Crippen LogP contribution in [0.4, 0.5) is 0 Å². The molecule has 0 heterocycles. The standard InChI is InChI=1S/C20H22ClNO5S/c1-14(2)15-3-5-16(6-4-15)19(23)13-27-20(24)11-12-22-28(25,26)18-9-7-17(21)8-10-18/h3-10,14,22H,11-13H2,1-2H3. The zero-order valence-corrected chi connectivity index (χ0v) is 17.2. The van der Waals surface area contributed by atoms with Crippen LogP contribution in [-0.2, 0) is 19.6 Å². The van der Waals surface area contributed by atoms with E-state index in [9.17, 15) is 18.0 Å². The van der Waals surface area contributed by atoms with Crippen molar-refractivity contribution in [2.45, 2.75) is 31.1 Å². The van der Waals surface area contributed by atoms with Crippen LogP contribution >= 0.6 is 11.6 Å². The molecule has 2 aromatic carbocycles. The first kappa shape index (κ1) is 22.1. The minimum Gasteiger partial charge on any atom is -0.457 e. The minimum absolute atomic E-state index is 0.0466. The lowest BCUT2D eigenvalue weighted by Gasteiger charge is -2.08. The molecule has 0 bridgehead atoms. The molecule has 0 aliphatic carbocycles. The molecule has 0 aliphatic heterocycles. The van der Waals surface area contributed by atoms with Gasteiger partial charge < -0.3 is 4.74 Å². The smallest absolute Gasteiger partial charge is 0.307 e. The summed E-state index contributed by atoms with van der Waals surface area (Å²) in [6.07, 6.45) is -0.188. The van der Waals surface area contributed by atoms with Crippen molar-refractivity contribution < 1.29 is 22.7 Å². The van der Waals surface area contributed by atoms with Crippen molar-refractivity contribution in [3.05, 3.63) is 64.7 Å². The Morgan fingerprint density at radius 2 is 1.64 bits per heavy atom. The van der Waals surface area contributed by atoms with Crippen molar-refractivity contribution in [2.24, 2.45) is 0 Å². The molecular weight excluding hydrogens is 402 g/mol. The topological polar surface area (TPSA) is 89.5 Å². The number of esters is 1. The van der Waals surface area contributed by atoms with Gasteiger partial charge in [0.2, 0.25) is 10.0 Å². The van der Waals surface area contributed by atoms with Crippen LogP contribution in [-0.4, -0.2) is 33.3 Å². The number of carbonyl (C=O) groups excluding carboxylic acids is 2. The predicted octanol–water partition coefficient (Wildman–Crippen LogP) is 3.56. The number of benzene rings is 2. The van der Waals surface area contributed by atoms with Gasteiger partial charge in [-0.15, -0.1) is 0 Å². The molecule has 0 aromatic heterocycles. The molecule has 0 saturated heterocycles. The lowest BCUT2D eigenvalue weighted by atomic mass is 10.0. The third kappa shape index (κ3) is 6.44. The molecule has 150 valence electrons. The molecule has 0 aliphatic rings. The minimum atomic E-state index is -3.74. The highest BCUT2D eigenvalue weighted by atomic mass is 35.5. The summed E-state index contributed by atoms with van der Waals surface area (Å²) in [5.74, 6) is -0.616. The van der Waals surface area contributed by atoms with Crippen molar-refractivity contribution in [3.63, 3.8) is 0 Å². The predicted molar refractivity (Wildman–Crippen MR) is 107 cm³/mol. The molecule has 8 heteroatoms. The molecule has 1 N–H and O–H groups in total. The van der Waals surface area contributed by atoms with Gasteiger partial charge in [0.05, 0.1) is 11.3 Å². The Hall–Kier alpha value is -2.22. The van der Waals surface area contributed by atoms with Crippen LogP contribution in [0, 0.1) is 0 Å². The number of sulfonamides is 1.